The van der Waals surface area contributed by atoms with Gasteiger partial charge in [0.2, 0.25) is 0 Å². The van der Waals surface area contributed by atoms with Crippen LogP contribution in [0.3, 0.4) is 0 Å². The molecule has 2 heterocycles. The number of nitrogens with zero attached hydrogens (tertiary/aromatic N) is 1. The van der Waals surface area contributed by atoms with Crippen molar-refractivity contribution in [3.8, 4) is 5.75 Å². The molecule has 8 heteroatoms. The second kappa shape index (κ2) is 13.4. The van der Waals surface area contributed by atoms with Crippen molar-refractivity contribution in [3.05, 3.63) is 105 Å². The van der Waals surface area contributed by atoms with E-state index in [1.807, 2.05) is 25.2 Å². The van der Waals surface area contributed by atoms with E-state index in [0.29, 0.717) is 48.5 Å². The van der Waals surface area contributed by atoms with Gasteiger partial charge in [-0.2, -0.15) is 0 Å². The van der Waals surface area contributed by atoms with Gasteiger partial charge in [-0.1, -0.05) is 77.8 Å². The summed E-state index contributed by atoms with van der Waals surface area (Å²) in [7, 11) is 1.86. The summed E-state index contributed by atoms with van der Waals surface area (Å²) >= 11 is 12.3. The quantitative estimate of drug-likeness (QED) is 0.272. The zero-order chi connectivity index (χ0) is 29.7. The van der Waals surface area contributed by atoms with Gasteiger partial charge in [-0.05, 0) is 60.6 Å². The van der Waals surface area contributed by atoms with Crippen molar-refractivity contribution in [1.82, 2.24) is 15.5 Å². The molecule has 2 bridgehead atoms. The summed E-state index contributed by atoms with van der Waals surface area (Å²) in [5, 5.41) is 8.07. The van der Waals surface area contributed by atoms with E-state index in [-0.39, 0.29) is 17.7 Å². The minimum atomic E-state index is -0.720. The smallest absolute Gasteiger partial charge is 0.251 e. The van der Waals surface area contributed by atoms with Crippen LogP contribution in [-0.2, 0) is 22.4 Å². The maximum absolute atomic E-state index is 14.0. The maximum Gasteiger partial charge on any atom is 0.251 e. The maximum atomic E-state index is 14.0. The summed E-state index contributed by atoms with van der Waals surface area (Å²) in [4.78, 5) is 28.6. The number of carbonyl (C=O) groups excluding carboxylic acids is 2. The predicted octanol–water partition coefficient (Wildman–Crippen LogP) is 5.75. The Hall–Kier alpha value is -3.16. The Balaban J connectivity index is 1.33. The van der Waals surface area contributed by atoms with Crippen molar-refractivity contribution in [2.45, 2.75) is 44.2 Å². The van der Waals surface area contributed by atoms with Gasteiger partial charge in [0.25, 0.3) is 5.91 Å². The molecule has 3 aromatic rings. The lowest BCUT2D eigenvalue weighted by Crippen LogP contribution is -2.70. The third-order valence-electron chi connectivity index (χ3n) is 8.27. The van der Waals surface area contributed by atoms with E-state index < -0.39 is 5.54 Å². The Bertz CT molecular complexity index is 1460. The van der Waals surface area contributed by atoms with E-state index in [1.54, 1.807) is 30.0 Å². The monoisotopic (exact) mass is 605 g/mol. The Kier molecular flexibility index (Phi) is 9.69. The molecule has 0 aromatic heterocycles. The number of ether oxygens (including phenoxy) is 1. The lowest BCUT2D eigenvalue weighted by atomic mass is 9.74. The molecule has 0 saturated carbocycles. The second-order valence-electron chi connectivity index (χ2n) is 11.2. The van der Waals surface area contributed by atoms with Crippen molar-refractivity contribution < 1.29 is 14.3 Å². The van der Waals surface area contributed by atoms with E-state index >= 15 is 0 Å². The number of hydrogen-bond donors (Lipinski definition) is 2. The zero-order valence-corrected chi connectivity index (χ0v) is 25.6. The van der Waals surface area contributed by atoms with Gasteiger partial charge in [0.05, 0.1) is 23.2 Å². The number of amides is 1. The second-order valence-corrected chi connectivity index (χ2v) is 12.1. The lowest BCUT2D eigenvalue weighted by molar-refractivity contribution is -0.128. The number of fused-ring (bicyclic) bond motifs is 2. The number of rotatable bonds is 11. The summed E-state index contributed by atoms with van der Waals surface area (Å²) < 4.78 is 5.83. The van der Waals surface area contributed by atoms with Gasteiger partial charge in [0.1, 0.15) is 5.75 Å². The van der Waals surface area contributed by atoms with Crippen LogP contribution in [0, 0.1) is 0 Å². The molecule has 2 aliphatic rings. The van der Waals surface area contributed by atoms with Crippen molar-refractivity contribution in [1.29, 1.82) is 0 Å². The van der Waals surface area contributed by atoms with Crippen molar-refractivity contribution in [3.63, 3.8) is 0 Å². The molecule has 220 valence electrons. The van der Waals surface area contributed by atoms with Crippen LogP contribution in [0.5, 0.6) is 5.75 Å². The van der Waals surface area contributed by atoms with E-state index in [1.165, 1.54) is 11.1 Å². The normalized spacial score (nSPS) is 19.9. The molecule has 1 saturated heterocycles. The fraction of sp³-hybridized carbons (Fsp3) is 0.353. The van der Waals surface area contributed by atoms with Crippen molar-refractivity contribution in [2.24, 2.45) is 0 Å². The topological polar surface area (TPSA) is 70.7 Å². The highest BCUT2D eigenvalue weighted by Gasteiger charge is 2.47. The minimum Gasteiger partial charge on any atom is -0.492 e. The first-order valence-electron chi connectivity index (χ1n) is 14.4. The van der Waals surface area contributed by atoms with Gasteiger partial charge in [0.15, 0.2) is 5.78 Å². The first-order chi connectivity index (χ1) is 20.3. The number of benzene rings is 3. The van der Waals surface area contributed by atoms with Gasteiger partial charge >= 0.3 is 0 Å². The number of piperazine rings is 1. The van der Waals surface area contributed by atoms with Crippen LogP contribution in [0.25, 0.3) is 5.57 Å². The van der Waals surface area contributed by atoms with Crippen LogP contribution in [0.4, 0.5) is 0 Å². The predicted molar refractivity (Wildman–Crippen MR) is 169 cm³/mol. The van der Waals surface area contributed by atoms with Crippen LogP contribution in [0.15, 0.2) is 78.4 Å². The number of carbonyl (C=O) groups is 2. The third-order valence-corrected chi connectivity index (χ3v) is 8.82. The highest BCUT2D eigenvalue weighted by Crippen LogP contribution is 2.38. The van der Waals surface area contributed by atoms with Crippen molar-refractivity contribution >= 4 is 40.5 Å². The molecule has 1 fully saturated rings. The van der Waals surface area contributed by atoms with Crippen LogP contribution in [0.1, 0.15) is 36.5 Å². The summed E-state index contributed by atoms with van der Waals surface area (Å²) in [6.45, 7) is 3.90. The van der Waals surface area contributed by atoms with Crippen LogP contribution < -0.4 is 15.4 Å². The Morgan fingerprint density at radius 3 is 2.48 bits per heavy atom. The molecule has 2 unspecified atom stereocenters. The minimum absolute atomic E-state index is 0.000171. The molecule has 0 aliphatic carbocycles. The number of halogens is 2. The average molecular weight is 607 g/mol. The number of nitrogens with one attached hydrogen (secondary N) is 2. The highest BCUT2D eigenvalue weighted by molar-refractivity contribution is 6.34. The molecule has 2 atom stereocenters. The first kappa shape index (κ1) is 30.3. The molecule has 5 rings (SSSR count). The zero-order valence-electron chi connectivity index (χ0n) is 24.1. The summed E-state index contributed by atoms with van der Waals surface area (Å²) in [6.07, 6.45) is 2.89. The Labute approximate surface area is 258 Å². The fourth-order valence-electron chi connectivity index (χ4n) is 5.81. The molecule has 42 heavy (non-hydrogen) atoms. The molecule has 0 spiro atoms. The molecule has 0 radical (unpaired) electrons. The van der Waals surface area contributed by atoms with E-state index in [0.717, 1.165) is 36.0 Å². The molecule has 2 aliphatic heterocycles. The SMILES string of the molecule is CC(=O)C12CNCC(N1)C(C(=O)N(C)CCc1ccccc1)=C(c1ccc(CCCOc3cc(Cl)ccc3Cl)cc1)C2. The van der Waals surface area contributed by atoms with E-state index in [9.17, 15) is 9.59 Å². The van der Waals surface area contributed by atoms with Gasteiger partial charge in [0, 0.05) is 49.8 Å². The van der Waals surface area contributed by atoms with E-state index in [2.05, 4.69) is 47.0 Å². The third kappa shape index (κ3) is 6.90. The molecular weight excluding hydrogens is 569 g/mol. The number of likely N-dealkylation sites (N-methyl/N-ethyl adjacent to an activating group) is 1. The largest absolute Gasteiger partial charge is 0.492 e. The number of Topliss-reactive ketones (excluding diaryl/α,β-unsaturated/α-hetero) is 1. The van der Waals surface area contributed by atoms with Gasteiger partial charge < -0.3 is 15.0 Å². The molecule has 2 N–H and O–H groups in total. The Morgan fingerprint density at radius 2 is 1.74 bits per heavy atom. The van der Waals surface area contributed by atoms with Crippen LogP contribution >= 0.6 is 23.2 Å². The number of aryl methyl sites for hydroxylation is 1. The first-order valence-corrected chi connectivity index (χ1v) is 15.2. The van der Waals surface area contributed by atoms with Crippen LogP contribution in [-0.4, -0.2) is 61.5 Å². The molecular formula is C34H37Cl2N3O3. The van der Waals surface area contributed by atoms with Gasteiger partial charge in [-0.25, -0.2) is 0 Å². The molecule has 6 nitrogen and oxygen atoms in total. The molecule has 3 aromatic carbocycles. The van der Waals surface area contributed by atoms with Crippen molar-refractivity contribution in [2.75, 3.05) is 33.3 Å². The standard InChI is InChI=1S/C34H37Cl2N3O3/c1-23(40)34-20-28(26-12-10-25(11-13-26)9-6-18-42-31-19-27(35)14-15-29(31)36)32(30(38-34)21-37-22-34)33(41)39(2)17-16-24-7-4-3-5-8-24/h3-5,7-8,10-15,19,30,37-38H,6,9,16-18,20-22H2,1-2H3. The highest BCUT2D eigenvalue weighted by atomic mass is 35.5. The summed E-state index contributed by atoms with van der Waals surface area (Å²) in [5.41, 5.74) is 4.33. The van der Waals surface area contributed by atoms with Crippen LogP contribution in [0.2, 0.25) is 10.0 Å². The Morgan fingerprint density at radius 1 is 1.00 bits per heavy atom. The lowest BCUT2D eigenvalue weighted by Gasteiger charge is -2.47. The fourth-order valence-corrected chi connectivity index (χ4v) is 6.15. The van der Waals surface area contributed by atoms with Gasteiger partial charge in [-0.15, -0.1) is 0 Å². The van der Waals surface area contributed by atoms with E-state index in [4.69, 9.17) is 27.9 Å². The number of hydrogen-bond acceptors (Lipinski definition) is 5. The number of ketones is 1. The average Bonchev–Trinajstić information content (AvgIpc) is 3.00. The van der Waals surface area contributed by atoms with Gasteiger partial charge in [-0.3, -0.25) is 14.9 Å². The summed E-state index contributed by atoms with van der Waals surface area (Å²) in [5.74, 6) is 0.667. The molecule has 1 amide bonds. The summed E-state index contributed by atoms with van der Waals surface area (Å²) in [6, 6.07) is 23.5.